The smallest absolute Gasteiger partial charge is 0.160 e. The minimum absolute atomic E-state index is 0.561. The van der Waals surface area contributed by atoms with E-state index in [9.17, 15) is 0 Å². The quantitative estimate of drug-likeness (QED) is 0.793. The molecule has 0 N–H and O–H groups in total. The van der Waals surface area contributed by atoms with Crippen LogP contribution < -0.4 is 0 Å². The summed E-state index contributed by atoms with van der Waals surface area (Å²) in [4.78, 5) is 9.37. The fourth-order valence-corrected chi connectivity index (χ4v) is 3.31. The highest BCUT2D eigenvalue weighted by molar-refractivity contribution is 6.17. The van der Waals surface area contributed by atoms with Crippen LogP contribution in [-0.2, 0) is 6.42 Å². The highest BCUT2D eigenvalue weighted by Gasteiger charge is 2.22. The molecule has 19 heavy (non-hydrogen) atoms. The van der Waals surface area contributed by atoms with E-state index in [0.717, 1.165) is 23.4 Å². The van der Waals surface area contributed by atoms with E-state index in [1.807, 2.05) is 12.3 Å². The van der Waals surface area contributed by atoms with Crippen molar-refractivity contribution in [2.75, 3.05) is 5.88 Å². The maximum absolute atomic E-state index is 5.94. The monoisotopic (exact) mass is 277 g/mol. The molecule has 2 aromatic rings. The average Bonchev–Trinajstić information content (AvgIpc) is 2.80. The molecular formula is C15H20ClN3. The number of halogens is 1. The zero-order valence-corrected chi connectivity index (χ0v) is 12.2. The SMILES string of the molecule is Cc1ccnc2c1nc(CCCl)n2C1CCCCC1. The zero-order chi connectivity index (χ0) is 13.2. The Balaban J connectivity index is 2.13. The van der Waals surface area contributed by atoms with E-state index in [0.29, 0.717) is 11.9 Å². The van der Waals surface area contributed by atoms with Crippen molar-refractivity contribution in [3.8, 4) is 0 Å². The summed E-state index contributed by atoms with van der Waals surface area (Å²) in [6.07, 6.45) is 9.21. The predicted octanol–water partition coefficient (Wildman–Crippen LogP) is 4.03. The molecule has 0 unspecified atom stereocenters. The molecule has 1 aliphatic carbocycles. The molecule has 2 aromatic heterocycles. The largest absolute Gasteiger partial charge is 0.310 e. The van der Waals surface area contributed by atoms with Crippen LogP contribution in [0.15, 0.2) is 12.3 Å². The van der Waals surface area contributed by atoms with Crippen LogP contribution in [0.1, 0.15) is 49.5 Å². The van der Waals surface area contributed by atoms with Gasteiger partial charge in [-0.2, -0.15) is 0 Å². The van der Waals surface area contributed by atoms with E-state index >= 15 is 0 Å². The first-order chi connectivity index (χ1) is 9.31. The van der Waals surface area contributed by atoms with Gasteiger partial charge >= 0.3 is 0 Å². The first-order valence-corrected chi connectivity index (χ1v) is 7.73. The normalized spacial score (nSPS) is 17.2. The van der Waals surface area contributed by atoms with Gasteiger partial charge in [-0.1, -0.05) is 19.3 Å². The summed E-state index contributed by atoms with van der Waals surface area (Å²) in [7, 11) is 0. The van der Waals surface area contributed by atoms with Crippen LogP contribution in [0.5, 0.6) is 0 Å². The molecule has 4 heteroatoms. The molecule has 0 bridgehead atoms. The lowest BCUT2D eigenvalue weighted by atomic mass is 9.95. The second kappa shape index (κ2) is 5.49. The summed E-state index contributed by atoms with van der Waals surface area (Å²) in [6, 6.07) is 2.59. The van der Waals surface area contributed by atoms with Gasteiger partial charge in [0.15, 0.2) is 5.65 Å². The highest BCUT2D eigenvalue weighted by atomic mass is 35.5. The van der Waals surface area contributed by atoms with Crippen molar-refractivity contribution in [3.63, 3.8) is 0 Å². The zero-order valence-electron chi connectivity index (χ0n) is 11.4. The summed E-state index contributed by atoms with van der Waals surface area (Å²) in [5.41, 5.74) is 3.30. The van der Waals surface area contributed by atoms with E-state index in [2.05, 4.69) is 16.5 Å². The number of aromatic nitrogens is 3. The van der Waals surface area contributed by atoms with Crippen molar-refractivity contribution < 1.29 is 0 Å². The number of hydrogen-bond donors (Lipinski definition) is 0. The maximum Gasteiger partial charge on any atom is 0.160 e. The number of pyridine rings is 1. The third-order valence-electron chi connectivity index (χ3n) is 4.11. The number of rotatable bonds is 3. The average molecular weight is 278 g/mol. The summed E-state index contributed by atoms with van der Waals surface area (Å²) in [5, 5.41) is 0. The topological polar surface area (TPSA) is 30.7 Å². The molecule has 0 aromatic carbocycles. The number of aryl methyl sites for hydroxylation is 2. The molecule has 0 radical (unpaired) electrons. The van der Waals surface area contributed by atoms with Crippen molar-refractivity contribution >= 4 is 22.8 Å². The molecule has 1 saturated carbocycles. The molecule has 1 aliphatic rings. The third-order valence-corrected chi connectivity index (χ3v) is 4.30. The van der Waals surface area contributed by atoms with E-state index in [1.165, 1.54) is 37.7 Å². The minimum atomic E-state index is 0.561. The Hall–Kier alpha value is -1.09. The molecule has 0 saturated heterocycles. The Morgan fingerprint density at radius 3 is 2.84 bits per heavy atom. The van der Waals surface area contributed by atoms with Gasteiger partial charge in [0, 0.05) is 24.5 Å². The van der Waals surface area contributed by atoms with Gasteiger partial charge in [-0.25, -0.2) is 9.97 Å². The van der Waals surface area contributed by atoms with Crippen LogP contribution in [0, 0.1) is 6.92 Å². The van der Waals surface area contributed by atoms with Crippen molar-refractivity contribution in [1.82, 2.24) is 14.5 Å². The van der Waals surface area contributed by atoms with Gasteiger partial charge in [-0.3, -0.25) is 0 Å². The Kier molecular flexibility index (Phi) is 3.74. The summed E-state index contributed by atoms with van der Waals surface area (Å²) >= 11 is 5.94. The summed E-state index contributed by atoms with van der Waals surface area (Å²) < 4.78 is 2.36. The first-order valence-electron chi connectivity index (χ1n) is 7.19. The standard InChI is InChI=1S/C15H20ClN3/c1-11-8-10-17-15-14(11)18-13(7-9-16)19(15)12-5-3-2-4-6-12/h8,10,12H,2-7,9H2,1H3. The van der Waals surface area contributed by atoms with Crippen molar-refractivity contribution in [2.24, 2.45) is 0 Å². The predicted molar refractivity (Wildman–Crippen MR) is 78.8 cm³/mol. The Labute approximate surface area is 119 Å². The molecule has 0 atom stereocenters. The molecule has 3 rings (SSSR count). The second-order valence-electron chi connectivity index (χ2n) is 5.43. The number of nitrogens with zero attached hydrogens (tertiary/aromatic N) is 3. The Bertz CT molecular complexity index is 570. The van der Waals surface area contributed by atoms with Crippen LogP contribution in [0.3, 0.4) is 0 Å². The van der Waals surface area contributed by atoms with Crippen LogP contribution in [0.4, 0.5) is 0 Å². The van der Waals surface area contributed by atoms with Gasteiger partial charge in [0.05, 0.1) is 0 Å². The van der Waals surface area contributed by atoms with Crippen molar-refractivity contribution in [1.29, 1.82) is 0 Å². The molecule has 0 spiro atoms. The number of fused-ring (bicyclic) bond motifs is 1. The van der Waals surface area contributed by atoms with Gasteiger partial charge in [0.25, 0.3) is 0 Å². The van der Waals surface area contributed by atoms with Crippen molar-refractivity contribution in [2.45, 2.75) is 51.5 Å². The molecule has 1 fully saturated rings. The van der Waals surface area contributed by atoms with Crippen molar-refractivity contribution in [3.05, 3.63) is 23.7 Å². The van der Waals surface area contributed by atoms with Gasteiger partial charge in [-0.05, 0) is 31.4 Å². The van der Waals surface area contributed by atoms with Gasteiger partial charge in [0.1, 0.15) is 11.3 Å². The van der Waals surface area contributed by atoms with Crippen LogP contribution in [-0.4, -0.2) is 20.4 Å². The molecule has 0 aliphatic heterocycles. The van der Waals surface area contributed by atoms with Gasteiger partial charge in [-0.15, -0.1) is 11.6 Å². The highest BCUT2D eigenvalue weighted by Crippen LogP contribution is 2.32. The Morgan fingerprint density at radius 1 is 1.32 bits per heavy atom. The van der Waals surface area contributed by atoms with Crippen LogP contribution in [0.25, 0.3) is 11.2 Å². The Morgan fingerprint density at radius 2 is 2.11 bits per heavy atom. The van der Waals surface area contributed by atoms with Crippen LogP contribution >= 0.6 is 11.6 Å². The van der Waals surface area contributed by atoms with E-state index < -0.39 is 0 Å². The number of alkyl halides is 1. The lowest BCUT2D eigenvalue weighted by Gasteiger charge is -2.25. The van der Waals surface area contributed by atoms with E-state index in [4.69, 9.17) is 16.6 Å². The lowest BCUT2D eigenvalue weighted by molar-refractivity contribution is 0.352. The lowest BCUT2D eigenvalue weighted by Crippen LogP contribution is -2.16. The third kappa shape index (κ3) is 2.36. The fraction of sp³-hybridized carbons (Fsp3) is 0.600. The van der Waals surface area contributed by atoms with Gasteiger partial charge in [0.2, 0.25) is 0 Å². The molecule has 2 heterocycles. The van der Waals surface area contributed by atoms with E-state index in [1.54, 1.807) is 0 Å². The molecule has 0 amide bonds. The molecular weight excluding hydrogens is 258 g/mol. The first kappa shape index (κ1) is 12.9. The van der Waals surface area contributed by atoms with Crippen LogP contribution in [0.2, 0.25) is 0 Å². The fourth-order valence-electron chi connectivity index (χ4n) is 3.14. The maximum atomic E-state index is 5.94. The van der Waals surface area contributed by atoms with Gasteiger partial charge < -0.3 is 4.57 Å². The van der Waals surface area contributed by atoms with E-state index in [-0.39, 0.29) is 0 Å². The molecule has 3 nitrogen and oxygen atoms in total. The number of hydrogen-bond acceptors (Lipinski definition) is 2. The second-order valence-corrected chi connectivity index (χ2v) is 5.81. The minimum Gasteiger partial charge on any atom is -0.310 e. The molecule has 102 valence electrons. The summed E-state index contributed by atoms with van der Waals surface area (Å²) in [6.45, 7) is 2.10. The summed E-state index contributed by atoms with van der Waals surface area (Å²) in [5.74, 6) is 1.73. The number of imidazole rings is 1.